The van der Waals surface area contributed by atoms with E-state index in [1.54, 1.807) is 17.6 Å². The van der Waals surface area contributed by atoms with Gasteiger partial charge in [0.25, 0.3) is 5.56 Å². The molecule has 0 saturated heterocycles. The molecule has 1 heterocycles. The van der Waals surface area contributed by atoms with E-state index in [1.807, 2.05) is 54.7 Å². The molecule has 0 fully saturated rings. The van der Waals surface area contributed by atoms with Crippen molar-refractivity contribution >= 4 is 5.97 Å². The summed E-state index contributed by atoms with van der Waals surface area (Å²) in [5, 5.41) is 0. The van der Waals surface area contributed by atoms with Crippen LogP contribution in [0.15, 0.2) is 95.9 Å². The molecule has 0 aliphatic heterocycles. The summed E-state index contributed by atoms with van der Waals surface area (Å²) in [4.78, 5) is 24.1. The summed E-state index contributed by atoms with van der Waals surface area (Å²) in [6.45, 7) is 4.71. The first-order valence-electron chi connectivity index (χ1n) is 12.3. The number of nitrogens with zero attached hydrogens (tertiary/aromatic N) is 1. The fraction of sp³-hybridized carbons (Fsp3) is 0.226. The number of ether oxygens (including phenoxy) is 2. The Kier molecular flexibility index (Phi) is 8.35. The van der Waals surface area contributed by atoms with Gasteiger partial charge in [0.15, 0.2) is 6.61 Å². The van der Waals surface area contributed by atoms with Crippen LogP contribution in [0.4, 0.5) is 0 Å². The second-order valence-electron chi connectivity index (χ2n) is 8.65. The van der Waals surface area contributed by atoms with Crippen LogP contribution in [-0.4, -0.2) is 23.8 Å². The molecule has 1 aromatic heterocycles. The van der Waals surface area contributed by atoms with E-state index in [4.69, 9.17) is 9.47 Å². The van der Waals surface area contributed by atoms with Crippen molar-refractivity contribution in [2.45, 2.75) is 33.2 Å². The van der Waals surface area contributed by atoms with Crippen molar-refractivity contribution < 1.29 is 14.3 Å². The van der Waals surface area contributed by atoms with Crippen LogP contribution in [0.3, 0.4) is 0 Å². The van der Waals surface area contributed by atoms with E-state index in [0.29, 0.717) is 18.9 Å². The third-order valence-corrected chi connectivity index (χ3v) is 6.08. The lowest BCUT2D eigenvalue weighted by molar-refractivity contribution is -0.145. The molecular weight excluding hydrogens is 450 g/mol. The van der Waals surface area contributed by atoms with Crippen LogP contribution in [0.5, 0.6) is 5.75 Å². The van der Waals surface area contributed by atoms with Gasteiger partial charge in [-0.05, 0) is 78.3 Å². The van der Waals surface area contributed by atoms with Gasteiger partial charge in [-0.2, -0.15) is 0 Å². The second-order valence-corrected chi connectivity index (χ2v) is 8.65. The van der Waals surface area contributed by atoms with E-state index in [-0.39, 0.29) is 18.1 Å². The molecule has 3 aromatic carbocycles. The van der Waals surface area contributed by atoms with Crippen molar-refractivity contribution in [2.24, 2.45) is 0 Å². The van der Waals surface area contributed by atoms with Crippen LogP contribution in [0.25, 0.3) is 22.3 Å². The standard InChI is InChI=1S/C31H31NO4/c1-3-35-31(34)22-36-26-13-8-11-24(20-26)12-9-19-32-21-25(17-18-30(32)33)28-15-6-7-16-29(28)27-14-5-4-10-23(27)2/h4-8,10-11,13-18,20-21H,3,9,12,19,22H2,1-2H3. The number of aromatic nitrogens is 1. The van der Waals surface area contributed by atoms with Crippen LogP contribution < -0.4 is 10.3 Å². The van der Waals surface area contributed by atoms with Gasteiger partial charge >= 0.3 is 5.97 Å². The van der Waals surface area contributed by atoms with Crippen LogP contribution in [-0.2, 0) is 22.5 Å². The Hall–Kier alpha value is -4.12. The Balaban J connectivity index is 1.46. The number of hydrogen-bond acceptors (Lipinski definition) is 4. The summed E-state index contributed by atoms with van der Waals surface area (Å²) in [6.07, 6.45) is 3.54. The fourth-order valence-corrected chi connectivity index (χ4v) is 4.30. The SMILES string of the molecule is CCOC(=O)COc1cccc(CCCn2cc(-c3ccccc3-c3ccccc3C)ccc2=O)c1. The summed E-state index contributed by atoms with van der Waals surface area (Å²) in [5.74, 6) is 0.249. The van der Waals surface area contributed by atoms with Gasteiger partial charge in [0.2, 0.25) is 0 Å². The zero-order chi connectivity index (χ0) is 25.3. The molecule has 5 heteroatoms. The molecule has 4 aromatic rings. The van der Waals surface area contributed by atoms with Gasteiger partial charge in [-0.15, -0.1) is 0 Å². The van der Waals surface area contributed by atoms with E-state index in [0.717, 1.165) is 35.1 Å². The zero-order valence-electron chi connectivity index (χ0n) is 20.8. The predicted octanol–water partition coefficient (Wildman–Crippen LogP) is 6.07. The minimum absolute atomic E-state index is 0.0151. The highest BCUT2D eigenvalue weighted by atomic mass is 16.6. The largest absolute Gasteiger partial charge is 0.482 e. The number of esters is 1. The molecule has 184 valence electrons. The average Bonchev–Trinajstić information content (AvgIpc) is 2.89. The number of benzene rings is 3. The molecule has 0 unspecified atom stereocenters. The second kappa shape index (κ2) is 12.0. The maximum absolute atomic E-state index is 12.6. The lowest BCUT2D eigenvalue weighted by atomic mass is 9.93. The van der Waals surface area contributed by atoms with Crippen molar-refractivity contribution in [1.29, 1.82) is 0 Å². The van der Waals surface area contributed by atoms with Crippen molar-refractivity contribution in [3.8, 4) is 28.0 Å². The molecule has 4 rings (SSSR count). The van der Waals surface area contributed by atoms with E-state index >= 15 is 0 Å². The quantitative estimate of drug-likeness (QED) is 0.258. The number of pyridine rings is 1. The maximum atomic E-state index is 12.6. The van der Waals surface area contributed by atoms with E-state index in [9.17, 15) is 9.59 Å². The summed E-state index contributed by atoms with van der Waals surface area (Å²) < 4.78 is 12.2. The molecule has 0 radical (unpaired) electrons. The molecule has 0 aliphatic rings. The number of hydrogen-bond donors (Lipinski definition) is 0. The molecule has 0 N–H and O–H groups in total. The predicted molar refractivity (Wildman–Crippen MR) is 143 cm³/mol. The maximum Gasteiger partial charge on any atom is 0.344 e. The third-order valence-electron chi connectivity index (χ3n) is 6.08. The third kappa shape index (κ3) is 6.30. The molecule has 0 bridgehead atoms. The van der Waals surface area contributed by atoms with Gasteiger partial charge in [-0.3, -0.25) is 4.79 Å². The van der Waals surface area contributed by atoms with Crippen LogP contribution in [0.2, 0.25) is 0 Å². The summed E-state index contributed by atoms with van der Waals surface area (Å²) in [6, 6.07) is 27.9. The van der Waals surface area contributed by atoms with Crippen LogP contribution in [0.1, 0.15) is 24.5 Å². The Bertz CT molecular complexity index is 1390. The van der Waals surface area contributed by atoms with Gasteiger partial charge in [0, 0.05) is 18.8 Å². The molecule has 0 spiro atoms. The van der Waals surface area contributed by atoms with Gasteiger partial charge in [0.1, 0.15) is 5.75 Å². The topological polar surface area (TPSA) is 57.5 Å². The van der Waals surface area contributed by atoms with Gasteiger partial charge in [-0.25, -0.2) is 4.79 Å². The number of carbonyl (C=O) groups is 1. The fourth-order valence-electron chi connectivity index (χ4n) is 4.30. The summed E-state index contributed by atoms with van der Waals surface area (Å²) in [7, 11) is 0. The van der Waals surface area contributed by atoms with Crippen molar-refractivity contribution in [2.75, 3.05) is 13.2 Å². The molecule has 0 amide bonds. The van der Waals surface area contributed by atoms with E-state index in [2.05, 4.69) is 37.3 Å². The minimum Gasteiger partial charge on any atom is -0.482 e. The Labute approximate surface area is 212 Å². The molecule has 0 atom stereocenters. The highest BCUT2D eigenvalue weighted by Crippen LogP contribution is 2.33. The minimum atomic E-state index is -0.383. The first-order valence-corrected chi connectivity index (χ1v) is 12.3. The molecule has 0 saturated carbocycles. The Morgan fingerprint density at radius 3 is 2.39 bits per heavy atom. The van der Waals surface area contributed by atoms with Gasteiger partial charge in [-0.1, -0.05) is 60.7 Å². The van der Waals surface area contributed by atoms with Crippen LogP contribution >= 0.6 is 0 Å². The normalized spacial score (nSPS) is 10.7. The lowest BCUT2D eigenvalue weighted by Gasteiger charge is -2.14. The van der Waals surface area contributed by atoms with Gasteiger partial charge in [0.05, 0.1) is 6.61 Å². The highest BCUT2D eigenvalue weighted by molar-refractivity contribution is 5.84. The zero-order valence-corrected chi connectivity index (χ0v) is 20.8. The van der Waals surface area contributed by atoms with E-state index < -0.39 is 0 Å². The number of carbonyl (C=O) groups excluding carboxylic acids is 1. The smallest absolute Gasteiger partial charge is 0.344 e. The van der Waals surface area contributed by atoms with Crippen molar-refractivity contribution in [3.63, 3.8) is 0 Å². The Morgan fingerprint density at radius 2 is 1.61 bits per heavy atom. The first kappa shape index (κ1) is 25.0. The molecule has 36 heavy (non-hydrogen) atoms. The first-order chi connectivity index (χ1) is 17.5. The summed E-state index contributed by atoms with van der Waals surface area (Å²) >= 11 is 0. The monoisotopic (exact) mass is 481 g/mol. The highest BCUT2D eigenvalue weighted by Gasteiger charge is 2.10. The lowest BCUT2D eigenvalue weighted by Crippen LogP contribution is -2.19. The Morgan fingerprint density at radius 1 is 0.861 bits per heavy atom. The average molecular weight is 482 g/mol. The number of aryl methyl sites for hydroxylation is 3. The number of rotatable bonds is 10. The van der Waals surface area contributed by atoms with Gasteiger partial charge < -0.3 is 14.0 Å². The van der Waals surface area contributed by atoms with E-state index in [1.165, 1.54) is 11.1 Å². The summed E-state index contributed by atoms with van der Waals surface area (Å²) in [5.41, 5.74) is 6.75. The van der Waals surface area contributed by atoms with Crippen molar-refractivity contribution in [3.05, 3.63) is 113 Å². The molecule has 0 aliphatic carbocycles. The molecule has 5 nitrogen and oxygen atoms in total. The van der Waals surface area contributed by atoms with Crippen molar-refractivity contribution in [1.82, 2.24) is 4.57 Å². The molecular formula is C31H31NO4. The van der Waals surface area contributed by atoms with Crippen LogP contribution in [0, 0.1) is 6.92 Å².